The smallest absolute Gasteiger partial charge is 0.268 e. The summed E-state index contributed by atoms with van der Waals surface area (Å²) in [6, 6.07) is -0.908. The third-order valence-corrected chi connectivity index (χ3v) is 14.5. The summed E-state index contributed by atoms with van der Waals surface area (Å²) in [5.74, 6) is -0.209. The van der Waals surface area contributed by atoms with Crippen LogP contribution in [0.15, 0.2) is 48.6 Å². The Morgan fingerprint density at radius 2 is 0.800 bits per heavy atom. The van der Waals surface area contributed by atoms with E-state index in [1.807, 2.05) is 27.2 Å². The van der Waals surface area contributed by atoms with E-state index in [1.165, 1.54) is 212 Å². The van der Waals surface area contributed by atoms with Gasteiger partial charge in [-0.2, -0.15) is 0 Å². The van der Waals surface area contributed by atoms with Gasteiger partial charge in [0.1, 0.15) is 13.2 Å². The number of likely N-dealkylation sites (N-methyl/N-ethyl adjacent to an activating group) is 1. The molecule has 0 aromatic heterocycles. The topological polar surface area (TPSA) is 108 Å². The number of quaternary nitrogens is 1. The summed E-state index contributed by atoms with van der Waals surface area (Å²) in [6.45, 7) is 4.60. The number of unbranched alkanes of at least 4 members (excludes halogenated alkanes) is 36. The third kappa shape index (κ3) is 54.2. The van der Waals surface area contributed by atoms with Crippen LogP contribution in [0, 0.1) is 0 Å². The monoisotopic (exact) mass is 1000 g/mol. The molecule has 0 spiro atoms. The molecular formula is C61H117N2O6P. The van der Waals surface area contributed by atoms with Crippen LogP contribution in [0.5, 0.6) is 0 Å². The van der Waals surface area contributed by atoms with E-state index in [4.69, 9.17) is 9.05 Å². The van der Waals surface area contributed by atoms with Crippen LogP contribution >= 0.6 is 7.82 Å². The van der Waals surface area contributed by atoms with E-state index in [0.29, 0.717) is 17.4 Å². The van der Waals surface area contributed by atoms with Gasteiger partial charge in [-0.25, -0.2) is 0 Å². The Balaban J connectivity index is 3.96. The number of hydrogen-bond acceptors (Lipinski definition) is 6. The molecular weight excluding hydrogens is 888 g/mol. The van der Waals surface area contributed by atoms with Crippen LogP contribution in [-0.4, -0.2) is 68.5 Å². The second kappa shape index (κ2) is 52.3. The number of aliphatic hydroxyl groups is 1. The summed E-state index contributed by atoms with van der Waals surface area (Å²) in [6.07, 6.45) is 69.4. The maximum atomic E-state index is 12.9. The van der Waals surface area contributed by atoms with Gasteiger partial charge in [0.2, 0.25) is 5.91 Å². The fraction of sp³-hybridized carbons (Fsp3) is 0.852. The van der Waals surface area contributed by atoms with E-state index < -0.39 is 26.6 Å². The lowest BCUT2D eigenvalue weighted by atomic mass is 10.0. The number of nitrogens with zero attached hydrogens (tertiary/aromatic N) is 1. The summed E-state index contributed by atoms with van der Waals surface area (Å²) in [4.78, 5) is 25.4. The lowest BCUT2D eigenvalue weighted by Crippen LogP contribution is -2.45. The van der Waals surface area contributed by atoms with Crippen LogP contribution in [0.25, 0.3) is 0 Å². The highest BCUT2D eigenvalue weighted by Gasteiger charge is 2.23. The van der Waals surface area contributed by atoms with Crippen molar-refractivity contribution in [2.75, 3.05) is 40.9 Å². The molecule has 0 fully saturated rings. The van der Waals surface area contributed by atoms with Gasteiger partial charge in [-0.3, -0.25) is 9.36 Å². The molecule has 9 heteroatoms. The number of carbonyl (C=O) groups is 1. The highest BCUT2D eigenvalue weighted by Crippen LogP contribution is 2.38. The molecule has 2 N–H and O–H groups in total. The van der Waals surface area contributed by atoms with Gasteiger partial charge in [-0.05, 0) is 70.6 Å². The number of phosphoric ester groups is 1. The first kappa shape index (κ1) is 68.5. The van der Waals surface area contributed by atoms with Crippen LogP contribution in [-0.2, 0) is 18.4 Å². The van der Waals surface area contributed by atoms with Gasteiger partial charge in [0.25, 0.3) is 7.82 Å². The molecule has 0 aliphatic heterocycles. The van der Waals surface area contributed by atoms with Crippen molar-refractivity contribution in [2.45, 2.75) is 296 Å². The van der Waals surface area contributed by atoms with Gasteiger partial charge in [0.15, 0.2) is 0 Å². The standard InChI is InChI=1S/C61H117N2O6P/c1-6-8-10-12-14-16-18-20-21-22-23-24-25-26-27-28-29-30-31-32-33-34-35-36-37-38-39-40-41-43-45-47-49-51-53-55-61(65)62-59(58-69-70(66,67)68-57-56-63(3,4)5)60(64)54-52-50-48-46-44-42-19-17-15-13-11-9-7-2/h15,17,22-23,44,46,52,54,59-60,64H,6-14,16,18-21,24-43,45,47-51,53,55-58H2,1-5H3,(H-,62,65,66,67)/b17-15+,23-22-,46-44+,54-52+. The molecule has 0 radical (unpaired) electrons. The predicted molar refractivity (Wildman–Crippen MR) is 302 cm³/mol. The van der Waals surface area contributed by atoms with Gasteiger partial charge in [0.05, 0.1) is 39.9 Å². The first-order valence-corrected chi connectivity index (χ1v) is 31.5. The minimum Gasteiger partial charge on any atom is -0.756 e. The Bertz CT molecular complexity index is 1280. The predicted octanol–water partition coefficient (Wildman–Crippen LogP) is 17.7. The number of allylic oxidation sites excluding steroid dienone is 7. The maximum absolute atomic E-state index is 12.9. The van der Waals surface area contributed by atoms with Gasteiger partial charge in [0, 0.05) is 6.42 Å². The maximum Gasteiger partial charge on any atom is 0.268 e. The van der Waals surface area contributed by atoms with Crippen molar-refractivity contribution in [1.82, 2.24) is 5.32 Å². The number of carbonyl (C=O) groups excluding carboxylic acids is 1. The Labute approximate surface area is 435 Å². The average molecular weight is 1010 g/mol. The van der Waals surface area contributed by atoms with Crippen LogP contribution in [0.1, 0.15) is 284 Å². The van der Waals surface area contributed by atoms with Crippen LogP contribution in [0.3, 0.4) is 0 Å². The van der Waals surface area contributed by atoms with Crippen molar-refractivity contribution < 1.29 is 32.9 Å². The molecule has 1 amide bonds. The molecule has 70 heavy (non-hydrogen) atoms. The molecule has 412 valence electrons. The van der Waals surface area contributed by atoms with Crippen molar-refractivity contribution in [1.29, 1.82) is 0 Å². The SMILES string of the molecule is CCCCC/C=C/CC/C=C/CC/C=C/C(O)C(COP(=O)([O-])OCC[N+](C)(C)C)NC(=O)CCCCCCCCCCCCCCCCCCCCCCCCC/C=C\CCCCCCCCCC. The van der Waals surface area contributed by atoms with Crippen molar-refractivity contribution in [3.8, 4) is 0 Å². The molecule has 0 saturated heterocycles. The van der Waals surface area contributed by atoms with Crippen molar-refractivity contribution in [2.24, 2.45) is 0 Å². The minimum absolute atomic E-state index is 0.00850. The Morgan fingerprint density at radius 3 is 1.19 bits per heavy atom. The third-order valence-electron chi connectivity index (χ3n) is 13.5. The van der Waals surface area contributed by atoms with Crippen LogP contribution in [0.2, 0.25) is 0 Å². The van der Waals surface area contributed by atoms with Crippen molar-refractivity contribution >= 4 is 13.7 Å². The van der Waals surface area contributed by atoms with Crippen molar-refractivity contribution in [3.05, 3.63) is 48.6 Å². The summed E-state index contributed by atoms with van der Waals surface area (Å²) in [5.41, 5.74) is 0. The van der Waals surface area contributed by atoms with Crippen molar-refractivity contribution in [3.63, 3.8) is 0 Å². The largest absolute Gasteiger partial charge is 0.756 e. The molecule has 0 heterocycles. The van der Waals surface area contributed by atoms with Gasteiger partial charge >= 0.3 is 0 Å². The second-order valence-corrected chi connectivity index (χ2v) is 23.1. The molecule has 0 aromatic rings. The van der Waals surface area contributed by atoms with E-state index in [-0.39, 0.29) is 12.5 Å². The molecule has 0 aliphatic rings. The molecule has 3 atom stereocenters. The molecule has 0 aliphatic carbocycles. The fourth-order valence-corrected chi connectivity index (χ4v) is 9.49. The van der Waals surface area contributed by atoms with Gasteiger partial charge < -0.3 is 28.8 Å². The molecule has 3 unspecified atom stereocenters. The number of aliphatic hydroxyl groups excluding tert-OH is 1. The summed E-state index contributed by atoms with van der Waals surface area (Å²) >= 11 is 0. The zero-order valence-electron chi connectivity index (χ0n) is 47.0. The number of phosphoric acid groups is 1. The molecule has 8 nitrogen and oxygen atoms in total. The number of rotatable bonds is 55. The zero-order valence-corrected chi connectivity index (χ0v) is 47.9. The lowest BCUT2D eigenvalue weighted by molar-refractivity contribution is -0.870. The van der Waals surface area contributed by atoms with E-state index in [9.17, 15) is 19.4 Å². The van der Waals surface area contributed by atoms with Crippen LogP contribution < -0.4 is 10.2 Å². The van der Waals surface area contributed by atoms with Gasteiger partial charge in [-0.15, -0.1) is 0 Å². The normalized spacial score (nSPS) is 14.2. The second-order valence-electron chi connectivity index (χ2n) is 21.7. The zero-order chi connectivity index (χ0) is 51.3. The molecule has 0 bridgehead atoms. The molecule has 0 rings (SSSR count). The number of nitrogens with one attached hydrogen (secondary N) is 1. The fourth-order valence-electron chi connectivity index (χ4n) is 8.77. The summed E-state index contributed by atoms with van der Waals surface area (Å²) in [7, 11) is 1.24. The quantitative estimate of drug-likeness (QED) is 0.0272. The average Bonchev–Trinajstić information content (AvgIpc) is 3.32. The van der Waals surface area contributed by atoms with E-state index in [0.717, 1.165) is 51.4 Å². The highest BCUT2D eigenvalue weighted by atomic mass is 31.2. The molecule has 0 aromatic carbocycles. The van der Waals surface area contributed by atoms with Gasteiger partial charge in [-0.1, -0.05) is 255 Å². The van der Waals surface area contributed by atoms with E-state index >= 15 is 0 Å². The lowest BCUT2D eigenvalue weighted by Gasteiger charge is -2.29. The number of amides is 1. The summed E-state index contributed by atoms with van der Waals surface area (Å²) in [5, 5.41) is 13.8. The number of hydrogen-bond donors (Lipinski definition) is 2. The first-order valence-electron chi connectivity index (χ1n) is 30.0. The Morgan fingerprint density at radius 1 is 0.486 bits per heavy atom. The summed E-state index contributed by atoms with van der Waals surface area (Å²) < 4.78 is 23.3. The molecule has 0 saturated carbocycles. The van der Waals surface area contributed by atoms with E-state index in [2.05, 4.69) is 55.6 Å². The highest BCUT2D eigenvalue weighted by molar-refractivity contribution is 7.45. The Hall–Kier alpha value is -1.54. The van der Waals surface area contributed by atoms with Crippen LogP contribution in [0.4, 0.5) is 0 Å². The Kier molecular flexibility index (Phi) is 51.2. The first-order chi connectivity index (χ1) is 34.0. The minimum atomic E-state index is -4.60. The van der Waals surface area contributed by atoms with E-state index in [1.54, 1.807) is 6.08 Å².